The van der Waals surface area contributed by atoms with Gasteiger partial charge in [-0.25, -0.2) is 4.79 Å². The maximum absolute atomic E-state index is 12.1. The average Bonchev–Trinajstić information content (AvgIpc) is 3.10. The molecule has 4 heteroatoms. The number of amides is 1. The lowest BCUT2D eigenvalue weighted by atomic mass is 9.98. The fourth-order valence-corrected chi connectivity index (χ4v) is 3.71. The van der Waals surface area contributed by atoms with Gasteiger partial charge < -0.3 is 10.1 Å². The summed E-state index contributed by atoms with van der Waals surface area (Å²) < 4.78 is 5.49. The van der Waals surface area contributed by atoms with Crippen LogP contribution >= 0.6 is 0 Å². The lowest BCUT2D eigenvalue weighted by Gasteiger charge is -2.14. The van der Waals surface area contributed by atoms with Crippen molar-refractivity contribution in [1.29, 1.82) is 5.26 Å². The van der Waals surface area contributed by atoms with Crippen molar-refractivity contribution in [2.24, 2.45) is 0 Å². The highest BCUT2D eigenvalue weighted by Crippen LogP contribution is 2.44. The van der Waals surface area contributed by atoms with E-state index in [1.807, 2.05) is 48.5 Å². The summed E-state index contributed by atoms with van der Waals surface area (Å²) in [5, 5.41) is 11.4. The van der Waals surface area contributed by atoms with Crippen LogP contribution in [0.2, 0.25) is 0 Å². The molecule has 4 nitrogen and oxygen atoms in total. The molecule has 1 amide bonds. The van der Waals surface area contributed by atoms with E-state index in [0.29, 0.717) is 6.42 Å². The van der Waals surface area contributed by atoms with Crippen LogP contribution in [0.4, 0.5) is 4.79 Å². The number of nitrogens with one attached hydrogen (secondary N) is 1. The first kappa shape index (κ1) is 19.3. The minimum Gasteiger partial charge on any atom is -0.449 e. The third-order valence-corrected chi connectivity index (χ3v) is 5.13. The van der Waals surface area contributed by atoms with Crippen LogP contribution in [0.1, 0.15) is 28.2 Å². The summed E-state index contributed by atoms with van der Waals surface area (Å²) in [7, 11) is 0. The number of nitriles is 1. The molecule has 4 rings (SSSR count). The third kappa shape index (κ3) is 4.19. The van der Waals surface area contributed by atoms with E-state index >= 15 is 0 Å². The van der Waals surface area contributed by atoms with E-state index < -0.39 is 6.09 Å². The van der Waals surface area contributed by atoms with Gasteiger partial charge in [0.2, 0.25) is 0 Å². The van der Waals surface area contributed by atoms with Crippen LogP contribution in [-0.4, -0.2) is 19.2 Å². The van der Waals surface area contributed by atoms with Gasteiger partial charge in [-0.3, -0.25) is 0 Å². The molecule has 1 aliphatic rings. The maximum Gasteiger partial charge on any atom is 0.407 e. The first-order chi connectivity index (χ1) is 14.8. The molecule has 146 valence electrons. The molecule has 0 heterocycles. The van der Waals surface area contributed by atoms with Gasteiger partial charge in [0.15, 0.2) is 0 Å². The molecule has 0 aliphatic heterocycles. The standard InChI is InChI=1S/C26H20N2O2/c27-16-15-20-13-11-19(12-14-20)6-5-17-28-26(29)30-18-25-23-9-3-1-7-21(23)22-8-2-4-10-24(22)25/h1-4,7-14,25H,15,17-18H2,(H,28,29). The molecule has 0 saturated carbocycles. The molecule has 3 aromatic rings. The van der Waals surface area contributed by atoms with Gasteiger partial charge in [-0.2, -0.15) is 5.26 Å². The number of carbonyl (C=O) groups excluding carboxylic acids is 1. The number of hydrogen-bond acceptors (Lipinski definition) is 3. The molecule has 0 fully saturated rings. The lowest BCUT2D eigenvalue weighted by molar-refractivity contribution is 0.144. The van der Waals surface area contributed by atoms with E-state index in [2.05, 4.69) is 47.5 Å². The Hall–Kier alpha value is -4.02. The third-order valence-electron chi connectivity index (χ3n) is 5.13. The first-order valence-corrected chi connectivity index (χ1v) is 9.80. The number of alkyl carbamates (subject to hydrolysis) is 1. The van der Waals surface area contributed by atoms with Crippen LogP contribution < -0.4 is 5.32 Å². The van der Waals surface area contributed by atoms with Crippen molar-refractivity contribution in [3.63, 3.8) is 0 Å². The highest BCUT2D eigenvalue weighted by atomic mass is 16.5. The Morgan fingerprint density at radius 3 is 2.20 bits per heavy atom. The molecular formula is C26H20N2O2. The van der Waals surface area contributed by atoms with Crippen molar-refractivity contribution in [3.05, 3.63) is 95.1 Å². The monoisotopic (exact) mass is 392 g/mol. The van der Waals surface area contributed by atoms with Crippen LogP contribution in [0, 0.1) is 23.2 Å². The maximum atomic E-state index is 12.1. The highest BCUT2D eigenvalue weighted by Gasteiger charge is 2.28. The summed E-state index contributed by atoms with van der Waals surface area (Å²) in [4.78, 5) is 12.1. The quantitative estimate of drug-likeness (QED) is 0.658. The molecular weight excluding hydrogens is 372 g/mol. The first-order valence-electron chi connectivity index (χ1n) is 9.80. The van der Waals surface area contributed by atoms with E-state index in [9.17, 15) is 4.79 Å². The van der Waals surface area contributed by atoms with Crippen LogP contribution in [0.5, 0.6) is 0 Å². The Labute approximate surface area is 176 Å². The number of hydrogen-bond donors (Lipinski definition) is 1. The topological polar surface area (TPSA) is 62.1 Å². The second-order valence-electron chi connectivity index (χ2n) is 7.01. The Balaban J connectivity index is 1.31. The highest BCUT2D eigenvalue weighted by molar-refractivity contribution is 5.79. The molecule has 0 unspecified atom stereocenters. The van der Waals surface area contributed by atoms with E-state index in [4.69, 9.17) is 10.00 Å². The molecule has 0 radical (unpaired) electrons. The van der Waals surface area contributed by atoms with E-state index in [-0.39, 0.29) is 19.1 Å². The van der Waals surface area contributed by atoms with Crippen LogP contribution in [-0.2, 0) is 11.2 Å². The summed E-state index contributed by atoms with van der Waals surface area (Å²) in [5.41, 5.74) is 6.57. The minimum absolute atomic E-state index is 0.0427. The molecule has 0 atom stereocenters. The Morgan fingerprint density at radius 1 is 0.933 bits per heavy atom. The van der Waals surface area contributed by atoms with E-state index in [1.165, 1.54) is 22.3 Å². The number of ether oxygens (including phenoxy) is 1. The van der Waals surface area contributed by atoms with Gasteiger partial charge in [-0.1, -0.05) is 72.5 Å². The van der Waals surface area contributed by atoms with Crippen molar-refractivity contribution in [2.75, 3.05) is 13.2 Å². The molecule has 3 aromatic carbocycles. The van der Waals surface area contributed by atoms with Gasteiger partial charge in [-0.15, -0.1) is 0 Å². The lowest BCUT2D eigenvalue weighted by Crippen LogP contribution is -2.26. The number of rotatable bonds is 4. The summed E-state index contributed by atoms with van der Waals surface area (Å²) in [6.07, 6.45) is -0.0904. The van der Waals surface area contributed by atoms with Gasteiger partial charge in [0.05, 0.1) is 19.0 Å². The number of fused-ring (bicyclic) bond motifs is 3. The van der Waals surface area contributed by atoms with Crippen LogP contribution in [0.25, 0.3) is 11.1 Å². The normalized spacial score (nSPS) is 11.4. The zero-order valence-corrected chi connectivity index (χ0v) is 16.4. The van der Waals surface area contributed by atoms with Gasteiger partial charge in [0.1, 0.15) is 6.61 Å². The van der Waals surface area contributed by atoms with E-state index in [0.717, 1.165) is 11.1 Å². The second kappa shape index (κ2) is 8.99. The predicted molar refractivity (Wildman–Crippen MR) is 116 cm³/mol. The molecule has 0 aromatic heterocycles. The van der Waals surface area contributed by atoms with Gasteiger partial charge in [0, 0.05) is 11.5 Å². The number of carbonyl (C=O) groups is 1. The van der Waals surface area contributed by atoms with Crippen molar-refractivity contribution in [3.8, 4) is 29.0 Å². The Morgan fingerprint density at radius 2 is 1.57 bits per heavy atom. The Bertz CT molecular complexity index is 1120. The molecule has 1 aliphatic carbocycles. The smallest absolute Gasteiger partial charge is 0.407 e. The SMILES string of the molecule is N#CCc1ccc(C#CCNC(=O)OCC2c3ccccc3-c3ccccc32)cc1. The fourth-order valence-electron chi connectivity index (χ4n) is 3.71. The fraction of sp³-hybridized carbons (Fsp3) is 0.154. The minimum atomic E-state index is -0.476. The zero-order chi connectivity index (χ0) is 20.8. The summed E-state index contributed by atoms with van der Waals surface area (Å²) in [5.74, 6) is 5.95. The van der Waals surface area contributed by atoms with Gasteiger partial charge >= 0.3 is 6.09 Å². The van der Waals surface area contributed by atoms with Gasteiger partial charge in [-0.05, 0) is 39.9 Å². The summed E-state index contributed by atoms with van der Waals surface area (Å²) in [6.45, 7) is 0.490. The Kier molecular flexibility index (Phi) is 5.78. The molecule has 0 spiro atoms. The average molecular weight is 392 g/mol. The zero-order valence-electron chi connectivity index (χ0n) is 16.4. The second-order valence-corrected chi connectivity index (χ2v) is 7.01. The van der Waals surface area contributed by atoms with Crippen molar-refractivity contribution in [2.45, 2.75) is 12.3 Å². The van der Waals surface area contributed by atoms with E-state index in [1.54, 1.807) is 0 Å². The van der Waals surface area contributed by atoms with Crippen molar-refractivity contribution in [1.82, 2.24) is 5.32 Å². The number of benzene rings is 3. The van der Waals surface area contributed by atoms with Crippen LogP contribution in [0.3, 0.4) is 0 Å². The van der Waals surface area contributed by atoms with Crippen molar-refractivity contribution >= 4 is 6.09 Å². The predicted octanol–water partition coefficient (Wildman–Crippen LogP) is 4.64. The van der Waals surface area contributed by atoms with Gasteiger partial charge in [0.25, 0.3) is 0 Å². The van der Waals surface area contributed by atoms with Crippen molar-refractivity contribution < 1.29 is 9.53 Å². The summed E-state index contributed by atoms with van der Waals surface area (Å²) in [6, 6.07) is 26.1. The molecule has 0 bridgehead atoms. The number of nitrogens with zero attached hydrogens (tertiary/aromatic N) is 1. The molecule has 1 N–H and O–H groups in total. The largest absolute Gasteiger partial charge is 0.449 e. The molecule has 30 heavy (non-hydrogen) atoms. The summed E-state index contributed by atoms with van der Waals surface area (Å²) >= 11 is 0. The molecule has 0 saturated heterocycles. The van der Waals surface area contributed by atoms with Crippen LogP contribution in [0.15, 0.2) is 72.8 Å².